The van der Waals surface area contributed by atoms with Crippen molar-refractivity contribution in [3.8, 4) is 0 Å². The highest BCUT2D eigenvalue weighted by molar-refractivity contribution is 5.68. The van der Waals surface area contributed by atoms with Crippen LogP contribution in [0.2, 0.25) is 0 Å². The number of nitrogens with one attached hydrogen (secondary N) is 1. The minimum atomic E-state index is -0.469. The SMILES string of the molecule is CC(C)CC(NC(=O)OC(C)(C)C)c1ccccc1. The Hall–Kier alpha value is -1.51. The molecule has 1 atom stereocenters. The molecule has 1 N–H and O–H groups in total. The van der Waals surface area contributed by atoms with E-state index in [9.17, 15) is 4.79 Å². The molecule has 1 rings (SSSR count). The van der Waals surface area contributed by atoms with Gasteiger partial charge in [-0.1, -0.05) is 44.2 Å². The second-order valence-electron chi connectivity index (χ2n) is 6.24. The van der Waals surface area contributed by atoms with Crippen molar-refractivity contribution in [2.45, 2.75) is 52.7 Å². The van der Waals surface area contributed by atoms with Gasteiger partial charge in [0.2, 0.25) is 0 Å². The van der Waals surface area contributed by atoms with Crippen molar-refractivity contribution < 1.29 is 9.53 Å². The molecule has 0 bridgehead atoms. The quantitative estimate of drug-likeness (QED) is 0.879. The van der Waals surface area contributed by atoms with Gasteiger partial charge in [0.15, 0.2) is 0 Å². The van der Waals surface area contributed by atoms with E-state index in [4.69, 9.17) is 4.74 Å². The van der Waals surface area contributed by atoms with Gasteiger partial charge in [0.25, 0.3) is 0 Å². The zero-order valence-electron chi connectivity index (χ0n) is 12.6. The summed E-state index contributed by atoms with van der Waals surface area (Å²) in [5.74, 6) is 0.500. The predicted octanol–water partition coefficient (Wildman–Crippen LogP) is 4.30. The second kappa shape index (κ2) is 6.60. The molecule has 0 saturated carbocycles. The predicted molar refractivity (Wildman–Crippen MR) is 78.0 cm³/mol. The van der Waals surface area contributed by atoms with Gasteiger partial charge in [-0.15, -0.1) is 0 Å². The van der Waals surface area contributed by atoms with E-state index in [0.717, 1.165) is 12.0 Å². The average Bonchev–Trinajstić information content (AvgIpc) is 2.26. The lowest BCUT2D eigenvalue weighted by Crippen LogP contribution is -2.35. The van der Waals surface area contributed by atoms with Crippen LogP contribution < -0.4 is 5.32 Å². The molecule has 19 heavy (non-hydrogen) atoms. The van der Waals surface area contributed by atoms with Crippen LogP contribution in [-0.4, -0.2) is 11.7 Å². The molecule has 0 aromatic heterocycles. The monoisotopic (exact) mass is 263 g/mol. The first-order valence-electron chi connectivity index (χ1n) is 6.82. The number of carbonyl (C=O) groups is 1. The summed E-state index contributed by atoms with van der Waals surface area (Å²) in [6.45, 7) is 9.89. The van der Waals surface area contributed by atoms with Crippen molar-refractivity contribution in [2.75, 3.05) is 0 Å². The highest BCUT2D eigenvalue weighted by Gasteiger charge is 2.21. The normalized spacial score (nSPS) is 13.2. The first-order valence-corrected chi connectivity index (χ1v) is 6.82. The number of hydrogen-bond donors (Lipinski definition) is 1. The summed E-state index contributed by atoms with van der Waals surface area (Å²) in [6, 6.07) is 10.0. The minimum Gasteiger partial charge on any atom is -0.444 e. The Morgan fingerprint density at radius 3 is 2.26 bits per heavy atom. The van der Waals surface area contributed by atoms with E-state index in [1.165, 1.54) is 0 Å². The van der Waals surface area contributed by atoms with E-state index in [2.05, 4.69) is 19.2 Å². The molecule has 3 heteroatoms. The van der Waals surface area contributed by atoms with Gasteiger partial charge in [0.05, 0.1) is 6.04 Å². The zero-order valence-corrected chi connectivity index (χ0v) is 12.6. The van der Waals surface area contributed by atoms with Crippen LogP contribution >= 0.6 is 0 Å². The fourth-order valence-electron chi connectivity index (χ4n) is 1.88. The summed E-state index contributed by atoms with van der Waals surface area (Å²) in [5, 5.41) is 2.96. The summed E-state index contributed by atoms with van der Waals surface area (Å²) in [7, 11) is 0. The molecule has 1 amide bonds. The van der Waals surface area contributed by atoms with Crippen molar-refractivity contribution in [1.29, 1.82) is 0 Å². The molecule has 0 radical (unpaired) electrons. The van der Waals surface area contributed by atoms with Crippen LogP contribution in [0.15, 0.2) is 30.3 Å². The third-order valence-corrected chi connectivity index (χ3v) is 2.60. The molecule has 0 saturated heterocycles. The van der Waals surface area contributed by atoms with Crippen molar-refractivity contribution in [1.82, 2.24) is 5.32 Å². The van der Waals surface area contributed by atoms with Gasteiger partial charge in [-0.05, 0) is 38.7 Å². The number of carbonyl (C=O) groups excluding carboxylic acids is 1. The van der Waals surface area contributed by atoms with Crippen molar-refractivity contribution in [2.24, 2.45) is 5.92 Å². The van der Waals surface area contributed by atoms with Gasteiger partial charge in [-0.25, -0.2) is 4.79 Å². The topological polar surface area (TPSA) is 38.3 Å². The number of alkyl carbamates (subject to hydrolysis) is 1. The molecule has 0 aliphatic rings. The molecule has 1 aromatic carbocycles. The summed E-state index contributed by atoms with van der Waals surface area (Å²) in [5.41, 5.74) is 0.644. The van der Waals surface area contributed by atoms with Crippen LogP contribution in [-0.2, 0) is 4.74 Å². The fraction of sp³-hybridized carbons (Fsp3) is 0.562. The molecule has 1 unspecified atom stereocenters. The molecular formula is C16H25NO2. The van der Waals surface area contributed by atoms with Crippen molar-refractivity contribution in [3.63, 3.8) is 0 Å². The number of hydrogen-bond acceptors (Lipinski definition) is 2. The number of ether oxygens (including phenoxy) is 1. The standard InChI is InChI=1S/C16H25NO2/c1-12(2)11-14(13-9-7-6-8-10-13)17-15(18)19-16(3,4)5/h6-10,12,14H,11H2,1-5H3,(H,17,18). The van der Waals surface area contributed by atoms with E-state index in [1.54, 1.807) is 0 Å². The molecule has 0 spiro atoms. The van der Waals surface area contributed by atoms with E-state index in [1.807, 2.05) is 51.1 Å². The first kappa shape index (κ1) is 15.5. The molecular weight excluding hydrogens is 238 g/mol. The molecule has 1 aromatic rings. The molecule has 0 heterocycles. The van der Waals surface area contributed by atoms with E-state index >= 15 is 0 Å². The Bertz CT molecular complexity index is 393. The molecule has 3 nitrogen and oxygen atoms in total. The lowest BCUT2D eigenvalue weighted by atomic mass is 9.97. The maximum atomic E-state index is 11.9. The second-order valence-corrected chi connectivity index (χ2v) is 6.24. The highest BCUT2D eigenvalue weighted by Crippen LogP contribution is 2.21. The largest absolute Gasteiger partial charge is 0.444 e. The summed E-state index contributed by atoms with van der Waals surface area (Å²) in [4.78, 5) is 11.9. The minimum absolute atomic E-state index is 0.00366. The first-order chi connectivity index (χ1) is 8.78. The van der Waals surface area contributed by atoms with Gasteiger partial charge in [0.1, 0.15) is 5.60 Å². The highest BCUT2D eigenvalue weighted by atomic mass is 16.6. The van der Waals surface area contributed by atoms with Crippen LogP contribution in [0.5, 0.6) is 0 Å². The van der Waals surface area contributed by atoms with Gasteiger partial charge >= 0.3 is 6.09 Å². The molecule has 0 aliphatic carbocycles. The van der Waals surface area contributed by atoms with Crippen LogP contribution in [0.1, 0.15) is 52.6 Å². The summed E-state index contributed by atoms with van der Waals surface area (Å²) in [6.07, 6.45) is 0.533. The van der Waals surface area contributed by atoms with Gasteiger partial charge in [0, 0.05) is 0 Å². The lowest BCUT2D eigenvalue weighted by molar-refractivity contribution is 0.0498. The van der Waals surface area contributed by atoms with Crippen molar-refractivity contribution >= 4 is 6.09 Å². The van der Waals surface area contributed by atoms with Crippen LogP contribution in [0.3, 0.4) is 0 Å². The Labute approximate surface area is 116 Å². The van der Waals surface area contributed by atoms with Crippen LogP contribution in [0.25, 0.3) is 0 Å². The van der Waals surface area contributed by atoms with E-state index in [-0.39, 0.29) is 12.1 Å². The molecule has 106 valence electrons. The van der Waals surface area contributed by atoms with Gasteiger partial charge in [-0.3, -0.25) is 0 Å². The van der Waals surface area contributed by atoms with Crippen LogP contribution in [0.4, 0.5) is 4.79 Å². The third-order valence-electron chi connectivity index (χ3n) is 2.60. The van der Waals surface area contributed by atoms with Gasteiger partial charge in [-0.2, -0.15) is 0 Å². The van der Waals surface area contributed by atoms with E-state index in [0.29, 0.717) is 5.92 Å². The zero-order chi connectivity index (χ0) is 14.5. The van der Waals surface area contributed by atoms with E-state index < -0.39 is 5.60 Å². The Balaban J connectivity index is 2.73. The Morgan fingerprint density at radius 2 is 1.79 bits per heavy atom. The third kappa shape index (κ3) is 6.27. The smallest absolute Gasteiger partial charge is 0.408 e. The lowest BCUT2D eigenvalue weighted by Gasteiger charge is -2.25. The fourth-order valence-corrected chi connectivity index (χ4v) is 1.88. The number of rotatable bonds is 4. The number of benzene rings is 1. The summed E-state index contributed by atoms with van der Waals surface area (Å²) >= 11 is 0. The summed E-state index contributed by atoms with van der Waals surface area (Å²) < 4.78 is 5.32. The molecule has 0 fully saturated rings. The Kier molecular flexibility index (Phi) is 5.40. The average molecular weight is 263 g/mol. The maximum absolute atomic E-state index is 11.9. The number of amides is 1. The Morgan fingerprint density at radius 1 is 1.21 bits per heavy atom. The van der Waals surface area contributed by atoms with Crippen LogP contribution in [0, 0.1) is 5.92 Å². The van der Waals surface area contributed by atoms with Crippen molar-refractivity contribution in [3.05, 3.63) is 35.9 Å². The maximum Gasteiger partial charge on any atom is 0.408 e. The molecule has 0 aliphatic heterocycles. The van der Waals surface area contributed by atoms with Gasteiger partial charge < -0.3 is 10.1 Å².